The molecule has 0 aliphatic heterocycles. The largest absolute Gasteiger partial charge is 0.673 e. The van der Waals surface area contributed by atoms with Crippen molar-refractivity contribution in [2.45, 2.75) is 20.9 Å². The Balaban J connectivity index is -0.000000113. The van der Waals surface area contributed by atoms with Crippen LogP contribution in [0.5, 0.6) is 0 Å². The van der Waals surface area contributed by atoms with E-state index < -0.39 is 21.8 Å². The standard InChI is InChI=1S/C6H11N2.CH4.3BF4/c1-3-8-5-4-7(2)6-8;;3*2-1(3,4)5/h4-6H,3H2,1-2H3;1H4;;;/q+1;;3*-1. The zero-order chi connectivity index (χ0) is 19.5. The third-order valence-electron chi connectivity index (χ3n) is 1.19. The van der Waals surface area contributed by atoms with Crippen LogP contribution in [-0.4, -0.2) is 26.3 Å². The summed E-state index contributed by atoms with van der Waals surface area (Å²) in [6.45, 7) is 3.18. The summed E-state index contributed by atoms with van der Waals surface area (Å²) in [5.41, 5.74) is 0. The van der Waals surface area contributed by atoms with Crippen molar-refractivity contribution >= 4 is 21.8 Å². The van der Waals surface area contributed by atoms with E-state index >= 15 is 0 Å². The van der Waals surface area contributed by atoms with Crippen LogP contribution in [0.4, 0.5) is 51.8 Å². The quantitative estimate of drug-likeness (QED) is 0.369. The Kier molecular flexibility index (Phi) is 16.4. The molecule has 1 rings (SSSR count). The van der Waals surface area contributed by atoms with Gasteiger partial charge in [0.1, 0.15) is 12.4 Å². The maximum atomic E-state index is 9.75. The maximum absolute atomic E-state index is 9.75. The van der Waals surface area contributed by atoms with Gasteiger partial charge in [-0.25, -0.2) is 9.13 Å². The molecule has 1 heterocycles. The molecule has 1 aromatic rings. The second-order valence-corrected chi connectivity index (χ2v) is 3.39. The Morgan fingerprint density at radius 3 is 1.08 bits per heavy atom. The minimum absolute atomic E-state index is 0. The van der Waals surface area contributed by atoms with Crippen LogP contribution in [0.1, 0.15) is 14.4 Å². The normalized spacial score (nSPS) is 10.8. The molecule has 0 fully saturated rings. The van der Waals surface area contributed by atoms with Crippen molar-refractivity contribution in [3.8, 4) is 0 Å². The van der Waals surface area contributed by atoms with E-state index in [1.807, 2.05) is 17.8 Å². The first-order chi connectivity index (χ1) is 9.83. The number of hydrogen-bond acceptors (Lipinski definition) is 0. The van der Waals surface area contributed by atoms with E-state index in [9.17, 15) is 51.8 Å². The first-order valence-electron chi connectivity index (χ1n) is 5.46. The summed E-state index contributed by atoms with van der Waals surface area (Å²) < 4.78 is 121. The molecule has 24 heavy (non-hydrogen) atoms. The highest BCUT2D eigenvalue weighted by atomic mass is 19.5. The van der Waals surface area contributed by atoms with Gasteiger partial charge in [0.2, 0.25) is 6.33 Å². The first kappa shape index (κ1) is 30.4. The summed E-state index contributed by atoms with van der Waals surface area (Å²) in [7, 11) is -16.0. The molecule has 0 radical (unpaired) electrons. The number of hydrogen-bond donors (Lipinski definition) is 0. The summed E-state index contributed by atoms with van der Waals surface area (Å²) in [6, 6.07) is 0. The first-order valence-corrected chi connectivity index (χ1v) is 5.46. The van der Waals surface area contributed by atoms with Crippen molar-refractivity contribution in [1.82, 2.24) is 4.57 Å². The molecular formula is C7H15B3F12N2-2. The predicted molar refractivity (Wildman–Crippen MR) is 68.6 cm³/mol. The molecule has 1 aromatic heterocycles. The van der Waals surface area contributed by atoms with Crippen molar-refractivity contribution in [2.24, 2.45) is 7.05 Å². The summed E-state index contributed by atoms with van der Waals surface area (Å²) in [5, 5.41) is 0. The van der Waals surface area contributed by atoms with E-state index in [2.05, 4.69) is 24.0 Å². The van der Waals surface area contributed by atoms with Gasteiger partial charge in [-0.15, -0.1) is 0 Å². The van der Waals surface area contributed by atoms with Crippen LogP contribution in [0, 0.1) is 0 Å². The number of imidazole rings is 1. The smallest absolute Gasteiger partial charge is 0.418 e. The minimum Gasteiger partial charge on any atom is -0.418 e. The molecule has 2 nitrogen and oxygen atoms in total. The van der Waals surface area contributed by atoms with Gasteiger partial charge in [0.15, 0.2) is 0 Å². The third kappa shape index (κ3) is 86.0. The molecule has 0 unspecified atom stereocenters. The molecular weight excluding hydrogens is 373 g/mol. The zero-order valence-corrected chi connectivity index (χ0v) is 11.6. The molecule has 0 aromatic carbocycles. The SMILES string of the molecule is C.CCn1cc[n+](C)c1.F[B-](F)(F)F.F[B-](F)(F)F.F[B-](F)(F)F. The fraction of sp³-hybridized carbons (Fsp3) is 0.571. The highest BCUT2D eigenvalue weighted by molar-refractivity contribution is 6.50. The van der Waals surface area contributed by atoms with E-state index in [0.29, 0.717) is 0 Å². The molecule has 0 N–H and O–H groups in total. The Labute approximate surface area is 130 Å². The van der Waals surface area contributed by atoms with Crippen molar-refractivity contribution in [3.63, 3.8) is 0 Å². The van der Waals surface area contributed by atoms with Crippen LogP contribution in [0.2, 0.25) is 0 Å². The number of rotatable bonds is 1. The number of nitrogens with zero attached hydrogens (tertiary/aromatic N) is 2. The molecule has 0 aliphatic rings. The molecule has 0 spiro atoms. The van der Waals surface area contributed by atoms with Crippen LogP contribution >= 0.6 is 0 Å². The second kappa shape index (κ2) is 12.9. The van der Waals surface area contributed by atoms with E-state index in [1.165, 1.54) is 0 Å². The summed E-state index contributed by atoms with van der Waals surface area (Å²) in [5.74, 6) is 0. The van der Waals surface area contributed by atoms with Gasteiger partial charge in [-0.3, -0.25) is 0 Å². The van der Waals surface area contributed by atoms with Crippen molar-refractivity contribution in [3.05, 3.63) is 18.7 Å². The van der Waals surface area contributed by atoms with Crippen LogP contribution in [0.3, 0.4) is 0 Å². The lowest BCUT2D eigenvalue weighted by molar-refractivity contribution is -0.671. The van der Waals surface area contributed by atoms with Gasteiger partial charge < -0.3 is 51.8 Å². The molecule has 0 bridgehead atoms. The lowest BCUT2D eigenvalue weighted by Crippen LogP contribution is -2.23. The van der Waals surface area contributed by atoms with Crippen molar-refractivity contribution in [1.29, 1.82) is 0 Å². The van der Waals surface area contributed by atoms with Crippen LogP contribution in [0.15, 0.2) is 18.7 Å². The summed E-state index contributed by atoms with van der Waals surface area (Å²) in [4.78, 5) is 0. The van der Waals surface area contributed by atoms with Gasteiger partial charge in [0, 0.05) is 0 Å². The molecule has 0 amide bonds. The van der Waals surface area contributed by atoms with E-state index in [0.717, 1.165) is 6.54 Å². The molecule has 0 atom stereocenters. The predicted octanol–water partition coefficient (Wildman–Crippen LogP) is 4.87. The second-order valence-electron chi connectivity index (χ2n) is 3.39. The van der Waals surface area contributed by atoms with Crippen molar-refractivity contribution < 1.29 is 56.4 Å². The van der Waals surface area contributed by atoms with E-state index in [1.54, 1.807) is 0 Å². The van der Waals surface area contributed by atoms with Crippen molar-refractivity contribution in [2.75, 3.05) is 0 Å². The van der Waals surface area contributed by atoms with Gasteiger partial charge in [-0.05, 0) is 6.92 Å². The highest BCUT2D eigenvalue weighted by Crippen LogP contribution is 2.07. The van der Waals surface area contributed by atoms with E-state index in [-0.39, 0.29) is 7.43 Å². The summed E-state index contributed by atoms with van der Waals surface area (Å²) in [6.07, 6.45) is 6.14. The van der Waals surface area contributed by atoms with Gasteiger partial charge in [-0.1, -0.05) is 7.43 Å². The summed E-state index contributed by atoms with van der Waals surface area (Å²) >= 11 is 0. The lowest BCUT2D eigenvalue weighted by atomic mass is 10.3. The molecule has 0 saturated carbocycles. The molecule has 0 aliphatic carbocycles. The molecule has 0 saturated heterocycles. The van der Waals surface area contributed by atoms with Crippen LogP contribution in [-0.2, 0) is 13.6 Å². The third-order valence-corrected chi connectivity index (χ3v) is 1.19. The van der Waals surface area contributed by atoms with Crippen LogP contribution < -0.4 is 4.57 Å². The van der Waals surface area contributed by atoms with E-state index in [4.69, 9.17) is 0 Å². The Morgan fingerprint density at radius 1 is 0.750 bits per heavy atom. The Bertz CT molecular complexity index is 352. The molecule has 17 heteroatoms. The number of aromatic nitrogens is 2. The Hall–Kier alpha value is -1.44. The van der Waals surface area contributed by atoms with Gasteiger partial charge in [-0.2, -0.15) is 0 Å². The van der Waals surface area contributed by atoms with Gasteiger partial charge in [0.05, 0.1) is 13.6 Å². The Morgan fingerprint density at radius 2 is 1.00 bits per heavy atom. The number of halogens is 12. The lowest BCUT2D eigenvalue weighted by Gasteiger charge is -1.94. The van der Waals surface area contributed by atoms with Gasteiger partial charge in [0.25, 0.3) is 0 Å². The fourth-order valence-corrected chi connectivity index (χ4v) is 0.689. The van der Waals surface area contributed by atoms with Gasteiger partial charge >= 0.3 is 21.8 Å². The fourth-order valence-electron chi connectivity index (χ4n) is 0.689. The minimum atomic E-state index is -6.00. The highest BCUT2D eigenvalue weighted by Gasteiger charge is 2.21. The zero-order valence-electron chi connectivity index (χ0n) is 11.6. The topological polar surface area (TPSA) is 8.81 Å². The average molecular weight is 388 g/mol. The maximum Gasteiger partial charge on any atom is 0.673 e. The number of aryl methyl sites for hydroxylation is 2. The molecule has 148 valence electrons. The monoisotopic (exact) mass is 388 g/mol. The van der Waals surface area contributed by atoms with Crippen LogP contribution in [0.25, 0.3) is 0 Å². The average Bonchev–Trinajstić information content (AvgIpc) is 2.56.